The summed E-state index contributed by atoms with van der Waals surface area (Å²) in [7, 11) is 0. The average molecular weight is 790 g/mol. The van der Waals surface area contributed by atoms with Gasteiger partial charge in [-0.2, -0.15) is 0 Å². The van der Waals surface area contributed by atoms with Gasteiger partial charge < -0.3 is 9.13 Å². The molecule has 0 unspecified atom stereocenters. The van der Waals surface area contributed by atoms with Gasteiger partial charge in [0.05, 0.1) is 33.4 Å². The van der Waals surface area contributed by atoms with Crippen molar-refractivity contribution in [1.29, 1.82) is 0 Å². The minimum Gasteiger partial charge on any atom is -0.309 e. The largest absolute Gasteiger partial charge is 0.309 e. The molecule has 62 heavy (non-hydrogen) atoms. The Morgan fingerprint density at radius 1 is 0.274 bits per heavy atom. The van der Waals surface area contributed by atoms with Gasteiger partial charge in [0, 0.05) is 54.4 Å². The first-order valence-electron chi connectivity index (χ1n) is 21.0. The van der Waals surface area contributed by atoms with Crippen molar-refractivity contribution < 1.29 is 0 Å². The molecule has 0 fully saturated rings. The van der Waals surface area contributed by atoms with Crippen LogP contribution in [0.2, 0.25) is 0 Å². The molecule has 0 amide bonds. The summed E-state index contributed by atoms with van der Waals surface area (Å²) < 4.78 is 4.94. The normalized spacial score (nSPS) is 11.9. The Labute approximate surface area is 356 Å². The summed E-state index contributed by atoms with van der Waals surface area (Å²) in [6.07, 6.45) is 0. The van der Waals surface area contributed by atoms with Crippen LogP contribution in [-0.4, -0.2) is 24.1 Å². The highest BCUT2D eigenvalue weighted by atomic mass is 15.0. The molecule has 0 bridgehead atoms. The molecule has 0 aliphatic heterocycles. The summed E-state index contributed by atoms with van der Waals surface area (Å²) in [5.41, 5.74) is 9.80. The lowest BCUT2D eigenvalue weighted by Crippen LogP contribution is -2.02. The number of hydrogen-bond donors (Lipinski definition) is 0. The average Bonchev–Trinajstić information content (AvgIpc) is 3.85. The molecule has 13 aromatic rings. The second-order valence-corrected chi connectivity index (χ2v) is 16.0. The molecule has 0 atom stereocenters. The summed E-state index contributed by atoms with van der Waals surface area (Å²) in [6.45, 7) is 0. The zero-order valence-corrected chi connectivity index (χ0v) is 33.4. The molecule has 0 N–H and O–H groups in total. The second-order valence-electron chi connectivity index (χ2n) is 16.0. The molecule has 5 nitrogen and oxygen atoms in total. The van der Waals surface area contributed by atoms with Crippen molar-refractivity contribution in [1.82, 2.24) is 24.1 Å². The quantitative estimate of drug-likeness (QED) is 0.174. The first-order valence-corrected chi connectivity index (χ1v) is 21.0. The summed E-state index contributed by atoms with van der Waals surface area (Å²) in [6, 6.07) is 75.8. The molecule has 0 spiro atoms. The molecule has 0 saturated heterocycles. The third-order valence-corrected chi connectivity index (χ3v) is 12.5. The fraction of sp³-hybridized carbons (Fsp3) is 0. The summed E-state index contributed by atoms with van der Waals surface area (Å²) in [5.74, 6) is 1.92. The highest BCUT2D eigenvalue weighted by Crippen LogP contribution is 2.42. The van der Waals surface area contributed by atoms with Crippen LogP contribution in [0.3, 0.4) is 0 Å². The van der Waals surface area contributed by atoms with E-state index < -0.39 is 0 Å². The van der Waals surface area contributed by atoms with Gasteiger partial charge in [0.2, 0.25) is 0 Å². The van der Waals surface area contributed by atoms with Crippen molar-refractivity contribution in [3.63, 3.8) is 0 Å². The molecular weight excluding hydrogens is 755 g/mol. The lowest BCUT2D eigenvalue weighted by atomic mass is 10.0. The van der Waals surface area contributed by atoms with E-state index in [4.69, 9.17) is 15.0 Å². The zero-order chi connectivity index (χ0) is 40.7. The number of rotatable bonds is 5. The minimum absolute atomic E-state index is 0.636. The fourth-order valence-corrected chi connectivity index (χ4v) is 9.76. The maximum absolute atomic E-state index is 5.14. The molecule has 10 aromatic carbocycles. The van der Waals surface area contributed by atoms with Crippen LogP contribution >= 0.6 is 0 Å². The van der Waals surface area contributed by atoms with Crippen molar-refractivity contribution in [3.8, 4) is 45.5 Å². The third kappa shape index (κ3) is 5.18. The number of para-hydroxylation sites is 2. The highest BCUT2D eigenvalue weighted by molar-refractivity contribution is 6.20. The van der Waals surface area contributed by atoms with Crippen molar-refractivity contribution in [2.75, 3.05) is 0 Å². The lowest BCUT2D eigenvalue weighted by molar-refractivity contribution is 1.08. The Bertz CT molecular complexity index is 3860. The van der Waals surface area contributed by atoms with E-state index in [1.54, 1.807) is 0 Å². The molecule has 0 radical (unpaired) electrons. The van der Waals surface area contributed by atoms with E-state index in [1.807, 2.05) is 36.4 Å². The Hall–Kier alpha value is -8.41. The maximum Gasteiger partial charge on any atom is 0.164 e. The number of hydrogen-bond acceptors (Lipinski definition) is 3. The van der Waals surface area contributed by atoms with Gasteiger partial charge in [-0.15, -0.1) is 0 Å². The van der Waals surface area contributed by atoms with Gasteiger partial charge in [-0.1, -0.05) is 170 Å². The predicted octanol–water partition coefficient (Wildman–Crippen LogP) is 14.5. The number of fused-ring (bicyclic) bond motifs is 10. The van der Waals surface area contributed by atoms with Gasteiger partial charge in [0.15, 0.2) is 17.5 Å². The molecule has 5 heteroatoms. The van der Waals surface area contributed by atoms with Gasteiger partial charge in [0.1, 0.15) is 0 Å². The van der Waals surface area contributed by atoms with E-state index in [-0.39, 0.29) is 0 Å². The molecule has 0 saturated carbocycles. The molecular formula is C57H35N5. The van der Waals surface area contributed by atoms with Crippen LogP contribution in [0.15, 0.2) is 212 Å². The van der Waals surface area contributed by atoms with Crippen molar-refractivity contribution >= 4 is 75.9 Å². The SMILES string of the molecule is c1ccc(-c2nc(-c3ccccc3)nc(-c3ccc(-n4c5ccccc5c5cc6cccc(-n7c8ccccc8c8ccc9ccccc9c87)c6cc54)c4ccccc34)n2)cc1. The highest BCUT2D eigenvalue weighted by Gasteiger charge is 2.21. The van der Waals surface area contributed by atoms with Crippen LogP contribution in [0.25, 0.3) is 121 Å². The standard InChI is InChI=1S/C57H35N5/c1-3-17-37(18-4-1)55-58-56(38-19-5-2-6-20-38)60-57(59-55)46-32-33-52(42-24-10-9-23-41(42)46)61-49-27-13-12-26-44(49)48-34-39-21-15-29-51(47(39)35-53(48)61)62-50-28-14-11-25-43(50)45-31-30-36-16-7-8-22-40(36)54(45)62/h1-35H. The molecule has 13 rings (SSSR count). The second kappa shape index (κ2) is 13.6. The summed E-state index contributed by atoms with van der Waals surface area (Å²) in [5, 5.41) is 12.0. The molecule has 0 aliphatic rings. The first-order chi connectivity index (χ1) is 30.8. The predicted molar refractivity (Wildman–Crippen MR) is 257 cm³/mol. The molecule has 3 heterocycles. The van der Waals surface area contributed by atoms with E-state index in [0.717, 1.165) is 49.9 Å². The van der Waals surface area contributed by atoms with E-state index in [2.05, 4.69) is 185 Å². The van der Waals surface area contributed by atoms with Gasteiger partial charge in [-0.25, -0.2) is 15.0 Å². The first kappa shape index (κ1) is 34.5. The fourth-order valence-electron chi connectivity index (χ4n) is 9.76. The zero-order valence-electron chi connectivity index (χ0n) is 33.4. The smallest absolute Gasteiger partial charge is 0.164 e. The number of benzene rings is 10. The topological polar surface area (TPSA) is 48.5 Å². The summed E-state index contributed by atoms with van der Waals surface area (Å²) in [4.78, 5) is 15.3. The van der Waals surface area contributed by atoms with Crippen molar-refractivity contribution in [3.05, 3.63) is 212 Å². The molecule has 288 valence electrons. The molecule has 3 aromatic heterocycles. The van der Waals surface area contributed by atoms with Gasteiger partial charge in [0.25, 0.3) is 0 Å². The molecule has 0 aliphatic carbocycles. The Morgan fingerprint density at radius 2 is 0.823 bits per heavy atom. The maximum atomic E-state index is 5.14. The van der Waals surface area contributed by atoms with Gasteiger partial charge in [-0.3, -0.25) is 0 Å². The van der Waals surface area contributed by atoms with Crippen molar-refractivity contribution in [2.24, 2.45) is 0 Å². The van der Waals surface area contributed by atoms with Crippen LogP contribution in [0.5, 0.6) is 0 Å². The minimum atomic E-state index is 0.636. The van der Waals surface area contributed by atoms with Crippen LogP contribution in [-0.2, 0) is 0 Å². The third-order valence-electron chi connectivity index (χ3n) is 12.5. The van der Waals surface area contributed by atoms with Gasteiger partial charge >= 0.3 is 0 Å². The summed E-state index contributed by atoms with van der Waals surface area (Å²) >= 11 is 0. The van der Waals surface area contributed by atoms with Gasteiger partial charge in [-0.05, 0) is 58.6 Å². The van der Waals surface area contributed by atoms with E-state index in [9.17, 15) is 0 Å². The van der Waals surface area contributed by atoms with E-state index in [0.29, 0.717) is 17.5 Å². The van der Waals surface area contributed by atoms with Crippen molar-refractivity contribution in [2.45, 2.75) is 0 Å². The van der Waals surface area contributed by atoms with E-state index in [1.165, 1.54) is 54.1 Å². The Kier molecular flexibility index (Phi) is 7.54. The van der Waals surface area contributed by atoms with Crippen LogP contribution in [0.1, 0.15) is 0 Å². The Balaban J connectivity index is 1.08. The van der Waals surface area contributed by atoms with E-state index >= 15 is 0 Å². The Morgan fingerprint density at radius 3 is 1.55 bits per heavy atom. The van der Waals surface area contributed by atoms with Crippen LogP contribution in [0, 0.1) is 0 Å². The number of aromatic nitrogens is 5. The number of nitrogens with zero attached hydrogens (tertiary/aromatic N) is 5. The van der Waals surface area contributed by atoms with Crippen LogP contribution in [0.4, 0.5) is 0 Å². The van der Waals surface area contributed by atoms with Crippen LogP contribution < -0.4 is 0 Å². The lowest BCUT2D eigenvalue weighted by Gasteiger charge is -2.16. The monoisotopic (exact) mass is 789 g/mol.